The monoisotopic (exact) mass is 309 g/mol. The first-order valence-electron chi connectivity index (χ1n) is 6.43. The van der Waals surface area contributed by atoms with Gasteiger partial charge >= 0.3 is 0 Å². The number of nitrogens with zero attached hydrogens (tertiary/aromatic N) is 1. The Morgan fingerprint density at radius 2 is 1.67 bits per heavy atom. The summed E-state index contributed by atoms with van der Waals surface area (Å²) in [4.78, 5) is -0.408. The normalized spacial score (nSPS) is 12.9. The van der Waals surface area contributed by atoms with Crippen LogP contribution in [0.1, 0.15) is 6.92 Å². The Hall–Kier alpha value is -1.92. The van der Waals surface area contributed by atoms with E-state index in [0.717, 1.165) is 10.4 Å². The second kappa shape index (κ2) is 6.24. The lowest BCUT2D eigenvalue weighted by Crippen LogP contribution is -2.37. The largest absolute Gasteiger partial charge is 0.392 e. The molecule has 2 aromatic rings. The third-order valence-corrected chi connectivity index (χ3v) is 4.71. The second-order valence-corrected chi connectivity index (χ2v) is 6.48. The molecule has 1 unspecified atom stereocenters. The first kappa shape index (κ1) is 15.5. The van der Waals surface area contributed by atoms with Gasteiger partial charge in [-0.25, -0.2) is 12.8 Å². The number of hydrogen-bond donors (Lipinski definition) is 1. The Balaban J connectivity index is 2.53. The van der Waals surface area contributed by atoms with Crippen LogP contribution in [-0.4, -0.2) is 26.2 Å². The van der Waals surface area contributed by atoms with E-state index in [1.165, 1.54) is 25.1 Å². The van der Waals surface area contributed by atoms with Gasteiger partial charge in [0, 0.05) is 0 Å². The Kier molecular flexibility index (Phi) is 4.59. The minimum atomic E-state index is -4.08. The van der Waals surface area contributed by atoms with Gasteiger partial charge in [0.2, 0.25) is 0 Å². The molecule has 1 N–H and O–H groups in total. The van der Waals surface area contributed by atoms with Crippen molar-refractivity contribution in [2.75, 3.05) is 10.8 Å². The molecule has 112 valence electrons. The fourth-order valence-corrected chi connectivity index (χ4v) is 3.56. The summed E-state index contributed by atoms with van der Waals surface area (Å²) in [5.41, 5.74) is 0.377. The molecule has 0 heterocycles. The molecule has 21 heavy (non-hydrogen) atoms. The van der Waals surface area contributed by atoms with E-state index in [0.29, 0.717) is 5.69 Å². The summed E-state index contributed by atoms with van der Waals surface area (Å²) < 4.78 is 40.2. The molecule has 0 fully saturated rings. The van der Waals surface area contributed by atoms with E-state index in [1.54, 1.807) is 30.3 Å². The van der Waals surface area contributed by atoms with Crippen LogP contribution < -0.4 is 4.31 Å². The van der Waals surface area contributed by atoms with Gasteiger partial charge in [-0.3, -0.25) is 4.31 Å². The summed E-state index contributed by atoms with van der Waals surface area (Å²) >= 11 is 0. The van der Waals surface area contributed by atoms with Crippen molar-refractivity contribution in [2.45, 2.75) is 17.9 Å². The minimum Gasteiger partial charge on any atom is -0.392 e. The van der Waals surface area contributed by atoms with Crippen molar-refractivity contribution >= 4 is 15.7 Å². The van der Waals surface area contributed by atoms with Crippen LogP contribution >= 0.6 is 0 Å². The molecule has 2 aromatic carbocycles. The molecule has 0 aliphatic rings. The molecule has 0 aliphatic heterocycles. The van der Waals surface area contributed by atoms with Gasteiger partial charge in [0.1, 0.15) is 10.7 Å². The lowest BCUT2D eigenvalue weighted by molar-refractivity contribution is 0.204. The average Bonchev–Trinajstić information content (AvgIpc) is 2.45. The van der Waals surface area contributed by atoms with E-state index in [9.17, 15) is 17.9 Å². The molecule has 1 atom stereocenters. The highest BCUT2D eigenvalue weighted by Gasteiger charge is 2.28. The zero-order chi connectivity index (χ0) is 15.5. The molecular formula is C15H16FNO3S. The lowest BCUT2D eigenvalue weighted by Gasteiger charge is -2.25. The van der Waals surface area contributed by atoms with E-state index >= 15 is 0 Å². The van der Waals surface area contributed by atoms with Crippen molar-refractivity contribution in [3.8, 4) is 0 Å². The number of para-hydroxylation sites is 1. The van der Waals surface area contributed by atoms with Crippen molar-refractivity contribution in [2.24, 2.45) is 0 Å². The number of aliphatic hydroxyl groups is 1. The first-order valence-corrected chi connectivity index (χ1v) is 7.87. The molecule has 6 heteroatoms. The van der Waals surface area contributed by atoms with Gasteiger partial charge < -0.3 is 5.11 Å². The Morgan fingerprint density at radius 3 is 2.24 bits per heavy atom. The molecule has 0 bridgehead atoms. The predicted molar refractivity (Wildman–Crippen MR) is 79.1 cm³/mol. The fraction of sp³-hybridized carbons (Fsp3) is 0.200. The smallest absolute Gasteiger partial charge is 0.267 e. The predicted octanol–water partition coefficient (Wildman–Crippen LogP) is 2.40. The van der Waals surface area contributed by atoms with Gasteiger partial charge in [-0.1, -0.05) is 30.3 Å². The third-order valence-electron chi connectivity index (χ3n) is 2.88. The zero-order valence-corrected chi connectivity index (χ0v) is 12.3. The van der Waals surface area contributed by atoms with Crippen LogP contribution in [0.25, 0.3) is 0 Å². The molecule has 0 spiro atoms. The number of halogens is 1. The van der Waals surface area contributed by atoms with Crippen molar-refractivity contribution in [3.05, 3.63) is 60.4 Å². The van der Waals surface area contributed by atoms with Gasteiger partial charge in [0.15, 0.2) is 0 Å². The molecular weight excluding hydrogens is 293 g/mol. The molecule has 0 radical (unpaired) electrons. The summed E-state index contributed by atoms with van der Waals surface area (Å²) in [5, 5.41) is 9.56. The highest BCUT2D eigenvalue weighted by Crippen LogP contribution is 2.25. The number of hydrogen-bond acceptors (Lipinski definition) is 3. The number of benzene rings is 2. The van der Waals surface area contributed by atoms with Crippen LogP contribution in [0.4, 0.5) is 10.1 Å². The van der Waals surface area contributed by atoms with E-state index in [2.05, 4.69) is 0 Å². The molecule has 0 amide bonds. The maximum absolute atomic E-state index is 13.8. The molecule has 0 aliphatic carbocycles. The molecule has 0 saturated heterocycles. The standard InChI is InChI=1S/C15H16FNO3S/c1-12(18)11-17(13-7-3-2-4-8-13)21(19,20)15-10-6-5-9-14(15)16/h2-10,12,18H,11H2,1H3. The van der Waals surface area contributed by atoms with Crippen LogP contribution in [0.2, 0.25) is 0 Å². The van der Waals surface area contributed by atoms with Gasteiger partial charge in [-0.2, -0.15) is 0 Å². The van der Waals surface area contributed by atoms with Crippen LogP contribution in [0, 0.1) is 5.82 Å². The highest BCUT2D eigenvalue weighted by atomic mass is 32.2. The van der Waals surface area contributed by atoms with Crippen LogP contribution in [0.15, 0.2) is 59.5 Å². The quantitative estimate of drug-likeness (QED) is 0.922. The summed E-state index contributed by atoms with van der Waals surface area (Å²) in [6, 6.07) is 13.5. The second-order valence-electron chi connectivity index (χ2n) is 4.65. The van der Waals surface area contributed by atoms with Gasteiger partial charge in [-0.05, 0) is 31.2 Å². The Bertz CT molecular complexity index is 702. The molecule has 2 rings (SSSR count). The summed E-state index contributed by atoms with van der Waals surface area (Å²) in [6.45, 7) is 1.33. The van der Waals surface area contributed by atoms with E-state index < -0.39 is 26.8 Å². The van der Waals surface area contributed by atoms with Crippen molar-refractivity contribution in [1.29, 1.82) is 0 Å². The van der Waals surface area contributed by atoms with E-state index in [4.69, 9.17) is 0 Å². The minimum absolute atomic E-state index is 0.152. The number of anilines is 1. The number of aliphatic hydroxyl groups excluding tert-OH is 1. The van der Waals surface area contributed by atoms with Gasteiger partial charge in [-0.15, -0.1) is 0 Å². The number of rotatable bonds is 5. The Morgan fingerprint density at radius 1 is 1.10 bits per heavy atom. The van der Waals surface area contributed by atoms with Crippen molar-refractivity contribution in [3.63, 3.8) is 0 Å². The van der Waals surface area contributed by atoms with Crippen LogP contribution in [-0.2, 0) is 10.0 Å². The van der Waals surface area contributed by atoms with Gasteiger partial charge in [0.05, 0.1) is 18.3 Å². The third kappa shape index (κ3) is 3.40. The topological polar surface area (TPSA) is 57.6 Å². The average molecular weight is 309 g/mol. The summed E-state index contributed by atoms with van der Waals surface area (Å²) in [7, 11) is -4.08. The van der Waals surface area contributed by atoms with Crippen molar-refractivity contribution in [1.82, 2.24) is 0 Å². The zero-order valence-electron chi connectivity index (χ0n) is 11.5. The molecule has 0 aromatic heterocycles. The summed E-state index contributed by atoms with van der Waals surface area (Å²) in [5.74, 6) is -0.816. The van der Waals surface area contributed by atoms with E-state index in [-0.39, 0.29) is 6.54 Å². The maximum Gasteiger partial charge on any atom is 0.267 e. The SMILES string of the molecule is CC(O)CN(c1ccccc1)S(=O)(=O)c1ccccc1F. The van der Waals surface area contributed by atoms with E-state index in [1.807, 2.05) is 0 Å². The van der Waals surface area contributed by atoms with Crippen LogP contribution in [0.3, 0.4) is 0 Å². The lowest BCUT2D eigenvalue weighted by atomic mass is 10.3. The van der Waals surface area contributed by atoms with Crippen molar-refractivity contribution < 1.29 is 17.9 Å². The first-order chi connectivity index (χ1) is 9.93. The number of sulfonamides is 1. The summed E-state index contributed by atoms with van der Waals surface area (Å²) in [6.07, 6.45) is -0.883. The highest BCUT2D eigenvalue weighted by molar-refractivity contribution is 7.92. The van der Waals surface area contributed by atoms with Gasteiger partial charge in [0.25, 0.3) is 10.0 Å². The van der Waals surface area contributed by atoms with Crippen LogP contribution in [0.5, 0.6) is 0 Å². The molecule has 0 saturated carbocycles. The molecule has 4 nitrogen and oxygen atoms in total. The maximum atomic E-state index is 13.8. The fourth-order valence-electron chi connectivity index (χ4n) is 1.95. The Labute approximate surface area is 123 Å².